The Balaban J connectivity index is 1.98. The molecule has 0 aliphatic carbocycles. The molecule has 6 heteroatoms. The third-order valence-corrected chi connectivity index (χ3v) is 4.67. The summed E-state index contributed by atoms with van der Waals surface area (Å²) < 4.78 is 0.745. The van der Waals surface area contributed by atoms with E-state index in [2.05, 4.69) is 21.2 Å². The van der Waals surface area contributed by atoms with Gasteiger partial charge in [-0.15, -0.1) is 11.3 Å². The Hall–Kier alpha value is -1.50. The minimum atomic E-state index is -1.81. The van der Waals surface area contributed by atoms with Gasteiger partial charge >= 0.3 is 0 Å². The standard InChI is InChI=1S/C14H10BrNO3S/c15-8-3-4-10-9(6-8)14(19,13(18)16-10)7-11(17)12-2-1-5-20-12/h1-6,19H,7H2,(H,16,18). The first-order chi connectivity index (χ1) is 9.50. The third-order valence-electron chi connectivity index (χ3n) is 3.26. The monoisotopic (exact) mass is 351 g/mol. The number of amides is 1. The van der Waals surface area contributed by atoms with Crippen molar-refractivity contribution in [2.24, 2.45) is 0 Å². The zero-order chi connectivity index (χ0) is 14.3. The van der Waals surface area contributed by atoms with Gasteiger partial charge in [0.05, 0.1) is 11.3 Å². The summed E-state index contributed by atoms with van der Waals surface area (Å²) in [7, 11) is 0. The van der Waals surface area contributed by atoms with E-state index in [1.165, 1.54) is 11.3 Å². The second-order valence-corrected chi connectivity index (χ2v) is 6.44. The fourth-order valence-corrected chi connectivity index (χ4v) is 3.27. The first kappa shape index (κ1) is 13.5. The number of thiophene rings is 1. The highest BCUT2D eigenvalue weighted by Crippen LogP contribution is 2.40. The smallest absolute Gasteiger partial charge is 0.261 e. The molecular weight excluding hydrogens is 342 g/mol. The lowest BCUT2D eigenvalue weighted by Gasteiger charge is -2.19. The molecule has 0 saturated carbocycles. The van der Waals surface area contributed by atoms with Gasteiger partial charge in [-0.05, 0) is 29.6 Å². The van der Waals surface area contributed by atoms with Crippen molar-refractivity contribution >= 4 is 44.6 Å². The number of anilines is 1. The van der Waals surface area contributed by atoms with Crippen LogP contribution < -0.4 is 5.32 Å². The number of nitrogens with one attached hydrogen (secondary N) is 1. The molecule has 2 aromatic rings. The number of ketones is 1. The zero-order valence-electron chi connectivity index (χ0n) is 10.2. The maximum absolute atomic E-state index is 12.2. The molecule has 0 spiro atoms. The van der Waals surface area contributed by atoms with Crippen molar-refractivity contribution < 1.29 is 14.7 Å². The van der Waals surface area contributed by atoms with Gasteiger partial charge in [-0.1, -0.05) is 22.0 Å². The van der Waals surface area contributed by atoms with Gasteiger partial charge in [-0.2, -0.15) is 0 Å². The fraction of sp³-hybridized carbons (Fsp3) is 0.143. The molecule has 0 radical (unpaired) electrons. The Labute approximate surface area is 127 Å². The third kappa shape index (κ3) is 2.09. The number of halogens is 1. The van der Waals surface area contributed by atoms with Crippen molar-refractivity contribution in [3.8, 4) is 0 Å². The summed E-state index contributed by atoms with van der Waals surface area (Å²) in [5.74, 6) is -0.805. The maximum Gasteiger partial charge on any atom is 0.261 e. The summed E-state index contributed by atoms with van der Waals surface area (Å²) in [5, 5.41) is 15.1. The van der Waals surface area contributed by atoms with Crippen LogP contribution in [-0.2, 0) is 10.4 Å². The van der Waals surface area contributed by atoms with E-state index in [4.69, 9.17) is 0 Å². The average molecular weight is 352 g/mol. The number of hydrogen-bond donors (Lipinski definition) is 2. The summed E-state index contributed by atoms with van der Waals surface area (Å²) in [6.45, 7) is 0. The van der Waals surface area contributed by atoms with Gasteiger partial charge in [0, 0.05) is 15.7 Å². The van der Waals surface area contributed by atoms with E-state index >= 15 is 0 Å². The summed E-state index contributed by atoms with van der Waals surface area (Å²) in [6.07, 6.45) is -0.261. The molecule has 0 bridgehead atoms. The van der Waals surface area contributed by atoms with Crippen molar-refractivity contribution in [2.45, 2.75) is 12.0 Å². The Kier molecular flexibility index (Phi) is 3.24. The normalized spacial score (nSPS) is 20.6. The number of carbonyl (C=O) groups is 2. The Morgan fingerprint density at radius 1 is 1.40 bits per heavy atom. The van der Waals surface area contributed by atoms with Crippen molar-refractivity contribution in [3.05, 3.63) is 50.6 Å². The second kappa shape index (κ2) is 4.80. The van der Waals surface area contributed by atoms with Crippen LogP contribution in [0, 0.1) is 0 Å². The van der Waals surface area contributed by atoms with E-state index in [0.29, 0.717) is 16.1 Å². The summed E-state index contributed by atoms with van der Waals surface area (Å²) in [5.41, 5.74) is -0.832. The second-order valence-electron chi connectivity index (χ2n) is 4.58. The van der Waals surface area contributed by atoms with Gasteiger partial charge in [0.25, 0.3) is 5.91 Å². The lowest BCUT2D eigenvalue weighted by molar-refractivity contribution is -0.133. The molecule has 2 N–H and O–H groups in total. The summed E-state index contributed by atoms with van der Waals surface area (Å²) >= 11 is 4.61. The molecule has 1 unspecified atom stereocenters. The van der Waals surface area contributed by atoms with Crippen LogP contribution in [0.15, 0.2) is 40.2 Å². The number of fused-ring (bicyclic) bond motifs is 1. The topological polar surface area (TPSA) is 66.4 Å². The van der Waals surface area contributed by atoms with Gasteiger partial charge in [0.1, 0.15) is 0 Å². The van der Waals surface area contributed by atoms with Crippen LogP contribution in [0.1, 0.15) is 21.7 Å². The van der Waals surface area contributed by atoms with Crippen LogP contribution in [0.4, 0.5) is 5.69 Å². The average Bonchev–Trinajstić information content (AvgIpc) is 3.00. The van der Waals surface area contributed by atoms with Crippen LogP contribution in [0.2, 0.25) is 0 Å². The van der Waals surface area contributed by atoms with Gasteiger partial charge in [0.2, 0.25) is 0 Å². The highest BCUT2D eigenvalue weighted by Gasteiger charge is 2.46. The van der Waals surface area contributed by atoms with Gasteiger partial charge in [-0.3, -0.25) is 9.59 Å². The zero-order valence-corrected chi connectivity index (χ0v) is 12.6. The fourth-order valence-electron chi connectivity index (χ4n) is 2.25. The molecule has 2 heterocycles. The summed E-state index contributed by atoms with van der Waals surface area (Å²) in [6, 6.07) is 8.58. The number of benzene rings is 1. The number of aliphatic hydroxyl groups is 1. The first-order valence-electron chi connectivity index (χ1n) is 5.91. The largest absolute Gasteiger partial charge is 0.375 e. The molecule has 1 amide bonds. The minimum Gasteiger partial charge on any atom is -0.375 e. The molecule has 0 fully saturated rings. The van der Waals surface area contributed by atoms with Crippen LogP contribution in [0.5, 0.6) is 0 Å². The minimum absolute atomic E-state index is 0.245. The molecule has 0 saturated heterocycles. The number of carbonyl (C=O) groups excluding carboxylic acids is 2. The van der Waals surface area contributed by atoms with Crippen molar-refractivity contribution in [1.82, 2.24) is 0 Å². The molecule has 1 atom stereocenters. The van der Waals surface area contributed by atoms with Crippen molar-refractivity contribution in [3.63, 3.8) is 0 Å². The molecule has 102 valence electrons. The van der Waals surface area contributed by atoms with Crippen molar-refractivity contribution in [2.75, 3.05) is 5.32 Å². The molecule has 20 heavy (non-hydrogen) atoms. The van der Waals surface area contributed by atoms with Gasteiger partial charge in [-0.25, -0.2) is 0 Å². The highest BCUT2D eigenvalue weighted by atomic mass is 79.9. The van der Waals surface area contributed by atoms with Crippen LogP contribution in [-0.4, -0.2) is 16.8 Å². The summed E-state index contributed by atoms with van der Waals surface area (Å²) in [4.78, 5) is 24.7. The van der Waals surface area contributed by atoms with Crippen molar-refractivity contribution in [1.29, 1.82) is 0 Å². The van der Waals surface area contributed by atoms with Crippen LogP contribution in [0.3, 0.4) is 0 Å². The van der Waals surface area contributed by atoms with E-state index < -0.39 is 11.5 Å². The number of hydrogen-bond acceptors (Lipinski definition) is 4. The predicted octanol–water partition coefficient (Wildman–Crippen LogP) is 2.92. The maximum atomic E-state index is 12.2. The molecule has 4 nitrogen and oxygen atoms in total. The first-order valence-corrected chi connectivity index (χ1v) is 7.58. The van der Waals surface area contributed by atoms with E-state index in [9.17, 15) is 14.7 Å². The SMILES string of the molecule is O=C(CC1(O)C(=O)Nc2ccc(Br)cc21)c1cccs1. The number of rotatable bonds is 3. The Bertz CT molecular complexity index is 698. The molecule has 1 aromatic carbocycles. The van der Waals surface area contributed by atoms with Gasteiger partial charge < -0.3 is 10.4 Å². The van der Waals surface area contributed by atoms with Gasteiger partial charge in [0.15, 0.2) is 11.4 Å². The van der Waals surface area contributed by atoms with E-state index in [1.807, 2.05) is 0 Å². The lowest BCUT2D eigenvalue weighted by atomic mass is 9.89. The predicted molar refractivity (Wildman–Crippen MR) is 79.9 cm³/mol. The van der Waals surface area contributed by atoms with E-state index in [0.717, 1.165) is 4.47 Å². The molecule has 3 rings (SSSR count). The molecule has 1 aromatic heterocycles. The number of Topliss-reactive ketones (excluding diaryl/α,β-unsaturated/α-hetero) is 1. The highest BCUT2D eigenvalue weighted by molar-refractivity contribution is 9.10. The van der Waals surface area contributed by atoms with Crippen LogP contribution >= 0.6 is 27.3 Å². The molecular formula is C14H10BrNO3S. The van der Waals surface area contributed by atoms with E-state index in [-0.39, 0.29) is 12.2 Å². The lowest BCUT2D eigenvalue weighted by Crippen LogP contribution is -2.36. The van der Waals surface area contributed by atoms with Crippen LogP contribution in [0.25, 0.3) is 0 Å². The molecule has 1 aliphatic heterocycles. The quantitative estimate of drug-likeness (QED) is 0.835. The van der Waals surface area contributed by atoms with E-state index in [1.54, 1.807) is 35.7 Å². The Morgan fingerprint density at radius 3 is 2.90 bits per heavy atom. The Morgan fingerprint density at radius 2 is 2.20 bits per heavy atom. The molecule has 1 aliphatic rings.